The van der Waals surface area contributed by atoms with Crippen LogP contribution in [0, 0.1) is 3.57 Å². The molecule has 0 amide bonds. The molecule has 0 spiro atoms. The molecule has 0 aliphatic heterocycles. The van der Waals surface area contributed by atoms with E-state index in [1.54, 1.807) is 0 Å². The van der Waals surface area contributed by atoms with Gasteiger partial charge in [0.15, 0.2) is 0 Å². The summed E-state index contributed by atoms with van der Waals surface area (Å²) in [6.07, 6.45) is 1.01. The van der Waals surface area contributed by atoms with Gasteiger partial charge in [-0.05, 0) is 70.5 Å². The molecule has 0 aliphatic carbocycles. The second kappa shape index (κ2) is 7.43. The van der Waals surface area contributed by atoms with Gasteiger partial charge in [0.1, 0.15) is 5.75 Å². The molecule has 0 heterocycles. The molecule has 2 aromatic carbocycles. The Morgan fingerprint density at radius 2 is 1.90 bits per heavy atom. The van der Waals surface area contributed by atoms with E-state index in [-0.39, 0.29) is 6.04 Å². The van der Waals surface area contributed by atoms with E-state index in [0.29, 0.717) is 0 Å². The Bertz CT molecular complexity index is 571. The summed E-state index contributed by atoms with van der Waals surface area (Å²) in [4.78, 5) is 0. The zero-order valence-electron chi connectivity index (χ0n) is 11.3. The topological polar surface area (TPSA) is 35.2 Å². The number of ether oxygens (including phenoxy) is 1. The standard InChI is InChI=1S/C16H17BrINO/c1-2-9-20-13-6-3-11(4-7-13)16(19)14-10-12(18)5-8-15(14)17/h3-8,10,16H,2,9,19H2,1H3. The van der Waals surface area contributed by atoms with Crippen LogP contribution in [0.4, 0.5) is 0 Å². The van der Waals surface area contributed by atoms with Crippen molar-refractivity contribution in [2.24, 2.45) is 5.73 Å². The number of nitrogens with two attached hydrogens (primary N) is 1. The summed E-state index contributed by atoms with van der Waals surface area (Å²) in [5.74, 6) is 0.893. The van der Waals surface area contributed by atoms with E-state index in [1.807, 2.05) is 30.3 Å². The molecule has 2 aromatic rings. The van der Waals surface area contributed by atoms with Gasteiger partial charge in [-0.15, -0.1) is 0 Å². The molecular weight excluding hydrogens is 429 g/mol. The first-order valence-corrected chi connectivity index (χ1v) is 8.42. The third-order valence-electron chi connectivity index (χ3n) is 3.01. The predicted molar refractivity (Wildman–Crippen MR) is 95.1 cm³/mol. The molecule has 1 atom stereocenters. The minimum atomic E-state index is -0.140. The lowest BCUT2D eigenvalue weighted by Gasteiger charge is -2.15. The maximum atomic E-state index is 6.36. The van der Waals surface area contributed by atoms with Gasteiger partial charge >= 0.3 is 0 Å². The molecule has 20 heavy (non-hydrogen) atoms. The van der Waals surface area contributed by atoms with E-state index < -0.39 is 0 Å². The van der Waals surface area contributed by atoms with E-state index in [9.17, 15) is 0 Å². The number of hydrogen-bond acceptors (Lipinski definition) is 2. The second-order valence-corrected chi connectivity index (χ2v) is 6.66. The van der Waals surface area contributed by atoms with Crippen LogP contribution in [0.3, 0.4) is 0 Å². The van der Waals surface area contributed by atoms with Gasteiger partial charge in [-0.3, -0.25) is 0 Å². The smallest absolute Gasteiger partial charge is 0.119 e. The maximum Gasteiger partial charge on any atom is 0.119 e. The lowest BCUT2D eigenvalue weighted by Crippen LogP contribution is -2.12. The van der Waals surface area contributed by atoms with Gasteiger partial charge in [0.05, 0.1) is 12.6 Å². The normalized spacial score (nSPS) is 12.2. The van der Waals surface area contributed by atoms with Gasteiger partial charge in [-0.1, -0.05) is 35.0 Å². The minimum absolute atomic E-state index is 0.140. The monoisotopic (exact) mass is 445 g/mol. The lowest BCUT2D eigenvalue weighted by atomic mass is 10.00. The number of benzene rings is 2. The molecule has 0 bridgehead atoms. The Hall–Kier alpha value is -0.590. The van der Waals surface area contributed by atoms with Gasteiger partial charge < -0.3 is 10.5 Å². The molecule has 0 fully saturated rings. The van der Waals surface area contributed by atoms with E-state index in [4.69, 9.17) is 10.5 Å². The van der Waals surface area contributed by atoms with Crippen molar-refractivity contribution in [2.45, 2.75) is 19.4 Å². The van der Waals surface area contributed by atoms with Gasteiger partial charge in [0, 0.05) is 8.04 Å². The molecule has 106 valence electrons. The first-order valence-electron chi connectivity index (χ1n) is 6.55. The molecule has 2 rings (SSSR count). The Balaban J connectivity index is 2.20. The Morgan fingerprint density at radius 1 is 1.20 bits per heavy atom. The Kier molecular flexibility index (Phi) is 5.86. The average molecular weight is 446 g/mol. The zero-order chi connectivity index (χ0) is 14.5. The predicted octanol–water partition coefficient (Wildman–Crippen LogP) is 4.89. The summed E-state index contributed by atoms with van der Waals surface area (Å²) in [7, 11) is 0. The first kappa shape index (κ1) is 15.8. The summed E-state index contributed by atoms with van der Waals surface area (Å²) in [5.41, 5.74) is 8.54. The highest BCUT2D eigenvalue weighted by Gasteiger charge is 2.12. The third-order valence-corrected chi connectivity index (χ3v) is 4.40. The summed E-state index contributed by atoms with van der Waals surface area (Å²) in [5, 5.41) is 0. The van der Waals surface area contributed by atoms with Crippen molar-refractivity contribution in [3.8, 4) is 5.75 Å². The van der Waals surface area contributed by atoms with Crippen molar-refractivity contribution in [3.63, 3.8) is 0 Å². The fourth-order valence-electron chi connectivity index (χ4n) is 1.92. The quantitative estimate of drug-likeness (QED) is 0.665. The SMILES string of the molecule is CCCOc1ccc(C(N)c2cc(I)ccc2Br)cc1. The van der Waals surface area contributed by atoms with Gasteiger partial charge in [0.25, 0.3) is 0 Å². The van der Waals surface area contributed by atoms with Crippen LogP contribution in [-0.2, 0) is 0 Å². The summed E-state index contributed by atoms with van der Waals surface area (Å²) in [6, 6.07) is 14.1. The second-order valence-electron chi connectivity index (χ2n) is 4.56. The Labute approximate surface area is 142 Å². The molecule has 2 N–H and O–H groups in total. The van der Waals surface area contributed by atoms with Gasteiger partial charge in [-0.2, -0.15) is 0 Å². The lowest BCUT2D eigenvalue weighted by molar-refractivity contribution is 0.317. The number of rotatable bonds is 5. The van der Waals surface area contributed by atoms with E-state index >= 15 is 0 Å². The summed E-state index contributed by atoms with van der Waals surface area (Å²) >= 11 is 5.87. The maximum absolute atomic E-state index is 6.36. The largest absolute Gasteiger partial charge is 0.494 e. The fourth-order valence-corrected chi connectivity index (χ4v) is 2.93. The van der Waals surface area contributed by atoms with Crippen molar-refractivity contribution < 1.29 is 4.74 Å². The summed E-state index contributed by atoms with van der Waals surface area (Å²) in [6.45, 7) is 2.84. The van der Waals surface area contributed by atoms with Crippen molar-refractivity contribution in [1.29, 1.82) is 0 Å². The molecule has 2 nitrogen and oxygen atoms in total. The van der Waals surface area contributed by atoms with Crippen LogP contribution in [0.2, 0.25) is 0 Å². The van der Waals surface area contributed by atoms with Crippen LogP contribution in [0.15, 0.2) is 46.9 Å². The van der Waals surface area contributed by atoms with E-state index in [0.717, 1.165) is 34.4 Å². The molecule has 4 heteroatoms. The molecular formula is C16H17BrINO. The first-order chi connectivity index (χ1) is 9.61. The summed E-state index contributed by atoms with van der Waals surface area (Å²) < 4.78 is 7.81. The third kappa shape index (κ3) is 3.96. The van der Waals surface area contributed by atoms with Crippen molar-refractivity contribution >= 4 is 38.5 Å². The van der Waals surface area contributed by atoms with Crippen molar-refractivity contribution in [2.75, 3.05) is 6.61 Å². The number of halogens is 2. The molecule has 0 aromatic heterocycles. The highest BCUT2D eigenvalue weighted by Crippen LogP contribution is 2.29. The molecule has 0 radical (unpaired) electrons. The van der Waals surface area contributed by atoms with Crippen LogP contribution in [0.1, 0.15) is 30.5 Å². The molecule has 0 aliphatic rings. The number of hydrogen-bond donors (Lipinski definition) is 1. The van der Waals surface area contributed by atoms with Crippen molar-refractivity contribution in [3.05, 3.63) is 61.6 Å². The van der Waals surface area contributed by atoms with E-state index in [2.05, 4.69) is 57.6 Å². The average Bonchev–Trinajstić information content (AvgIpc) is 2.47. The highest BCUT2D eigenvalue weighted by atomic mass is 127. The fraction of sp³-hybridized carbons (Fsp3) is 0.250. The van der Waals surface area contributed by atoms with E-state index in [1.165, 1.54) is 3.57 Å². The zero-order valence-corrected chi connectivity index (χ0v) is 15.0. The molecule has 0 saturated carbocycles. The van der Waals surface area contributed by atoms with Crippen LogP contribution in [0.5, 0.6) is 5.75 Å². The van der Waals surface area contributed by atoms with Crippen LogP contribution < -0.4 is 10.5 Å². The Morgan fingerprint density at radius 3 is 2.55 bits per heavy atom. The van der Waals surface area contributed by atoms with Crippen LogP contribution in [0.25, 0.3) is 0 Å². The highest BCUT2D eigenvalue weighted by molar-refractivity contribution is 14.1. The van der Waals surface area contributed by atoms with Gasteiger partial charge in [0.2, 0.25) is 0 Å². The van der Waals surface area contributed by atoms with Crippen LogP contribution >= 0.6 is 38.5 Å². The van der Waals surface area contributed by atoms with Gasteiger partial charge in [-0.25, -0.2) is 0 Å². The molecule has 0 saturated heterocycles. The van der Waals surface area contributed by atoms with Crippen LogP contribution in [-0.4, -0.2) is 6.61 Å². The van der Waals surface area contributed by atoms with Crippen molar-refractivity contribution in [1.82, 2.24) is 0 Å². The minimum Gasteiger partial charge on any atom is -0.494 e. The molecule has 1 unspecified atom stereocenters.